The van der Waals surface area contributed by atoms with Gasteiger partial charge in [0.05, 0.1) is 6.54 Å². The maximum Gasteiger partial charge on any atom is 0.131 e. The molecule has 1 N–H and O–H groups in total. The van der Waals surface area contributed by atoms with Crippen molar-refractivity contribution in [3.8, 4) is 0 Å². The predicted molar refractivity (Wildman–Crippen MR) is 80.5 cm³/mol. The van der Waals surface area contributed by atoms with Crippen molar-refractivity contribution in [3.05, 3.63) is 45.9 Å². The second-order valence-electron chi connectivity index (χ2n) is 5.77. The third-order valence-corrected chi connectivity index (χ3v) is 4.03. The number of nitrogens with one attached hydrogen (secondary N) is 1. The Morgan fingerprint density at radius 3 is 2.47 bits per heavy atom. The van der Waals surface area contributed by atoms with Crippen molar-refractivity contribution in [2.75, 3.05) is 0 Å². The maximum atomic E-state index is 4.32. The van der Waals surface area contributed by atoms with Crippen LogP contribution in [-0.2, 0) is 6.54 Å². The fourth-order valence-electron chi connectivity index (χ4n) is 1.74. The van der Waals surface area contributed by atoms with Crippen molar-refractivity contribution in [3.63, 3.8) is 0 Å². The molecular formula is C15H21N3S. The lowest BCUT2D eigenvalue weighted by Gasteiger charge is -2.19. The molecule has 0 spiro atoms. The zero-order valence-electron chi connectivity index (χ0n) is 12.0. The normalized spacial score (nSPS) is 13.5. The number of aromatic nitrogens is 2. The van der Waals surface area contributed by atoms with Crippen LogP contribution in [0.25, 0.3) is 0 Å². The van der Waals surface area contributed by atoms with E-state index in [0.717, 1.165) is 16.6 Å². The molecule has 0 aliphatic carbocycles. The Morgan fingerprint density at radius 1 is 1.16 bits per heavy atom. The number of hydrogen-bond donors (Lipinski definition) is 1. The first-order chi connectivity index (χ1) is 8.96. The molecule has 0 aliphatic heterocycles. The average Bonchev–Trinajstić information content (AvgIpc) is 2.84. The maximum absolute atomic E-state index is 4.32. The quantitative estimate of drug-likeness (QED) is 0.927. The summed E-state index contributed by atoms with van der Waals surface area (Å²) in [4.78, 5) is 0. The van der Waals surface area contributed by atoms with Gasteiger partial charge in [-0.15, -0.1) is 10.2 Å². The number of rotatable bonds is 4. The number of hydrogen-bond acceptors (Lipinski definition) is 4. The summed E-state index contributed by atoms with van der Waals surface area (Å²) in [5.74, 6) is 0.307. The molecule has 102 valence electrons. The van der Waals surface area contributed by atoms with Gasteiger partial charge in [0.2, 0.25) is 0 Å². The molecule has 1 aromatic heterocycles. The van der Waals surface area contributed by atoms with E-state index in [1.807, 2.05) is 6.07 Å². The highest BCUT2D eigenvalue weighted by Crippen LogP contribution is 2.26. The minimum Gasteiger partial charge on any atom is -0.306 e. The zero-order chi connectivity index (χ0) is 13.9. The van der Waals surface area contributed by atoms with Crippen LogP contribution in [-0.4, -0.2) is 15.7 Å². The van der Waals surface area contributed by atoms with E-state index in [9.17, 15) is 0 Å². The van der Waals surface area contributed by atoms with Crippen molar-refractivity contribution < 1.29 is 0 Å². The molecule has 0 bridgehead atoms. The Hall–Kier alpha value is -1.26. The molecule has 0 saturated carbocycles. The van der Waals surface area contributed by atoms with Crippen molar-refractivity contribution in [1.29, 1.82) is 0 Å². The molecule has 1 atom stereocenters. The summed E-state index contributed by atoms with van der Waals surface area (Å²) in [5.41, 5.74) is 1.39. The summed E-state index contributed by atoms with van der Waals surface area (Å²) in [6.45, 7) is 9.42. The Kier molecular flexibility index (Phi) is 4.32. The van der Waals surface area contributed by atoms with Crippen molar-refractivity contribution >= 4 is 11.3 Å². The molecule has 1 aromatic carbocycles. The molecule has 19 heavy (non-hydrogen) atoms. The van der Waals surface area contributed by atoms with E-state index in [-0.39, 0.29) is 5.54 Å². The lowest BCUT2D eigenvalue weighted by molar-refractivity contribution is 0.423. The van der Waals surface area contributed by atoms with Crippen LogP contribution < -0.4 is 5.32 Å². The summed E-state index contributed by atoms with van der Waals surface area (Å²) in [6.07, 6.45) is 0. The monoisotopic (exact) mass is 275 g/mol. The third kappa shape index (κ3) is 4.11. The van der Waals surface area contributed by atoms with Crippen LogP contribution >= 0.6 is 11.3 Å². The molecule has 0 radical (unpaired) electrons. The van der Waals surface area contributed by atoms with Gasteiger partial charge in [0.1, 0.15) is 10.0 Å². The Bertz CT molecular complexity index is 514. The smallest absolute Gasteiger partial charge is 0.131 e. The van der Waals surface area contributed by atoms with Crippen LogP contribution in [0, 0.1) is 0 Å². The Balaban J connectivity index is 2.05. The van der Waals surface area contributed by atoms with E-state index < -0.39 is 0 Å². The second-order valence-corrected chi connectivity index (χ2v) is 6.86. The van der Waals surface area contributed by atoms with Crippen LogP contribution in [0.4, 0.5) is 0 Å². The fraction of sp³-hybridized carbons (Fsp3) is 0.467. The number of benzene rings is 1. The highest BCUT2D eigenvalue weighted by atomic mass is 32.1. The standard InChI is InChI=1S/C15H21N3S/c1-11(12-8-6-5-7-9-12)14-18-17-13(19-14)10-16-15(2,3)4/h5-9,11,16H,10H2,1-4H3. The van der Waals surface area contributed by atoms with Crippen molar-refractivity contribution in [1.82, 2.24) is 15.5 Å². The lowest BCUT2D eigenvalue weighted by Crippen LogP contribution is -2.35. The van der Waals surface area contributed by atoms with E-state index in [2.05, 4.69) is 67.5 Å². The summed E-state index contributed by atoms with van der Waals surface area (Å²) in [5, 5.41) is 14.2. The van der Waals surface area contributed by atoms with E-state index >= 15 is 0 Å². The van der Waals surface area contributed by atoms with Gasteiger partial charge in [-0.2, -0.15) is 0 Å². The molecular weight excluding hydrogens is 254 g/mol. The molecule has 3 nitrogen and oxygen atoms in total. The molecule has 1 unspecified atom stereocenters. The number of nitrogens with zero attached hydrogens (tertiary/aromatic N) is 2. The minimum absolute atomic E-state index is 0.108. The van der Waals surface area contributed by atoms with Gasteiger partial charge in [0.25, 0.3) is 0 Å². The fourth-order valence-corrected chi connectivity index (χ4v) is 2.60. The highest BCUT2D eigenvalue weighted by Gasteiger charge is 2.15. The van der Waals surface area contributed by atoms with Crippen LogP contribution in [0.2, 0.25) is 0 Å². The van der Waals surface area contributed by atoms with Crippen LogP contribution in [0.3, 0.4) is 0 Å². The zero-order valence-corrected chi connectivity index (χ0v) is 12.8. The predicted octanol–water partition coefficient (Wildman–Crippen LogP) is 3.58. The van der Waals surface area contributed by atoms with Gasteiger partial charge in [-0.1, -0.05) is 48.6 Å². The summed E-state index contributed by atoms with van der Waals surface area (Å²) in [7, 11) is 0. The lowest BCUT2D eigenvalue weighted by atomic mass is 10.0. The van der Waals surface area contributed by atoms with Gasteiger partial charge in [0.15, 0.2) is 0 Å². The van der Waals surface area contributed by atoms with Crippen molar-refractivity contribution in [2.24, 2.45) is 0 Å². The van der Waals surface area contributed by atoms with E-state index in [0.29, 0.717) is 5.92 Å². The van der Waals surface area contributed by atoms with Gasteiger partial charge < -0.3 is 5.32 Å². The molecule has 0 amide bonds. The van der Waals surface area contributed by atoms with Gasteiger partial charge in [-0.3, -0.25) is 0 Å². The minimum atomic E-state index is 0.108. The van der Waals surface area contributed by atoms with Gasteiger partial charge in [-0.05, 0) is 26.3 Å². The molecule has 2 rings (SSSR count). The van der Waals surface area contributed by atoms with E-state index in [1.54, 1.807) is 11.3 Å². The van der Waals surface area contributed by atoms with E-state index in [4.69, 9.17) is 0 Å². The highest BCUT2D eigenvalue weighted by molar-refractivity contribution is 7.11. The first-order valence-corrected chi connectivity index (χ1v) is 7.39. The summed E-state index contributed by atoms with van der Waals surface area (Å²) in [6, 6.07) is 10.4. The van der Waals surface area contributed by atoms with Gasteiger partial charge in [0, 0.05) is 11.5 Å². The third-order valence-electron chi connectivity index (χ3n) is 2.92. The van der Waals surface area contributed by atoms with Crippen LogP contribution in [0.15, 0.2) is 30.3 Å². The van der Waals surface area contributed by atoms with E-state index in [1.165, 1.54) is 5.56 Å². The molecule has 0 aliphatic rings. The Morgan fingerprint density at radius 2 is 1.84 bits per heavy atom. The largest absolute Gasteiger partial charge is 0.306 e. The van der Waals surface area contributed by atoms with Gasteiger partial charge >= 0.3 is 0 Å². The Labute approximate surface area is 119 Å². The molecule has 4 heteroatoms. The van der Waals surface area contributed by atoms with Crippen molar-refractivity contribution in [2.45, 2.75) is 45.7 Å². The van der Waals surface area contributed by atoms with Crippen LogP contribution in [0.5, 0.6) is 0 Å². The SMILES string of the molecule is CC(c1ccccc1)c1nnc(CNC(C)(C)C)s1. The summed E-state index contributed by atoms with van der Waals surface area (Å²) >= 11 is 1.69. The first kappa shape index (κ1) is 14.2. The average molecular weight is 275 g/mol. The van der Waals surface area contributed by atoms with Crippen LogP contribution in [0.1, 0.15) is 49.2 Å². The molecule has 0 saturated heterocycles. The second kappa shape index (κ2) is 5.80. The molecule has 1 heterocycles. The van der Waals surface area contributed by atoms with Gasteiger partial charge in [-0.25, -0.2) is 0 Å². The molecule has 0 fully saturated rings. The first-order valence-electron chi connectivity index (χ1n) is 6.58. The summed E-state index contributed by atoms with van der Waals surface area (Å²) < 4.78 is 0. The molecule has 2 aromatic rings. The topological polar surface area (TPSA) is 37.8 Å².